The Bertz CT molecular complexity index is 1020. The Labute approximate surface area is 165 Å². The summed E-state index contributed by atoms with van der Waals surface area (Å²) >= 11 is 3.39. The van der Waals surface area contributed by atoms with Gasteiger partial charge in [0, 0.05) is 10.2 Å². The van der Waals surface area contributed by atoms with Crippen LogP contribution >= 0.6 is 15.9 Å². The minimum absolute atomic E-state index is 0.135. The zero-order chi connectivity index (χ0) is 19.4. The number of nitrogens with one attached hydrogen (secondary N) is 2. The molecule has 0 aliphatic heterocycles. The van der Waals surface area contributed by atoms with Gasteiger partial charge in [0.2, 0.25) is 5.91 Å². The summed E-state index contributed by atoms with van der Waals surface area (Å²) in [6.07, 6.45) is 0. The third-order valence-electron chi connectivity index (χ3n) is 4.18. The van der Waals surface area contributed by atoms with E-state index in [4.69, 9.17) is 4.74 Å². The normalized spacial score (nSPS) is 10.5. The monoisotopic (exact) mass is 426 g/mol. The molecule has 0 aliphatic rings. The maximum Gasteiger partial charge on any atom is 0.255 e. The van der Waals surface area contributed by atoms with Crippen molar-refractivity contribution in [2.45, 2.75) is 6.92 Å². The average Bonchev–Trinajstić information content (AvgIpc) is 2.67. The molecule has 0 aliphatic carbocycles. The predicted molar refractivity (Wildman–Crippen MR) is 110 cm³/mol. The van der Waals surface area contributed by atoms with Crippen LogP contribution in [-0.2, 0) is 4.79 Å². The highest BCUT2D eigenvalue weighted by molar-refractivity contribution is 9.10. The standard InChI is InChI=1S/C21H19BrN2O3/c1-13-9-16(22)7-8-18(13)24-20(25)12-23-21(26)17-10-14-5-3-4-6-15(14)11-19(17)27-2/h3-11H,12H2,1-2H3,(H,23,26)(H,24,25). The minimum Gasteiger partial charge on any atom is -0.496 e. The number of carbonyl (C=O) groups excluding carboxylic acids is 2. The van der Waals surface area contributed by atoms with Crippen LogP contribution in [0.4, 0.5) is 5.69 Å². The fraction of sp³-hybridized carbons (Fsp3) is 0.143. The van der Waals surface area contributed by atoms with E-state index in [1.807, 2.05) is 55.5 Å². The Hall–Kier alpha value is -2.86. The van der Waals surface area contributed by atoms with Crippen LogP contribution in [-0.4, -0.2) is 25.5 Å². The van der Waals surface area contributed by atoms with Gasteiger partial charge in [0.05, 0.1) is 19.2 Å². The molecule has 5 nitrogen and oxygen atoms in total. The number of anilines is 1. The van der Waals surface area contributed by atoms with Crippen molar-refractivity contribution in [1.82, 2.24) is 5.32 Å². The number of benzene rings is 3. The van der Waals surface area contributed by atoms with E-state index in [2.05, 4.69) is 26.6 Å². The van der Waals surface area contributed by atoms with Gasteiger partial charge in [-0.3, -0.25) is 9.59 Å². The molecule has 3 aromatic carbocycles. The summed E-state index contributed by atoms with van der Waals surface area (Å²) in [6.45, 7) is 1.77. The molecule has 6 heteroatoms. The maximum absolute atomic E-state index is 12.6. The van der Waals surface area contributed by atoms with Crippen LogP contribution in [0.1, 0.15) is 15.9 Å². The maximum atomic E-state index is 12.6. The van der Waals surface area contributed by atoms with Gasteiger partial charge in [0.25, 0.3) is 5.91 Å². The number of aryl methyl sites for hydroxylation is 1. The smallest absolute Gasteiger partial charge is 0.255 e. The molecule has 0 heterocycles. The first-order valence-electron chi connectivity index (χ1n) is 8.39. The fourth-order valence-electron chi connectivity index (χ4n) is 2.78. The molecule has 138 valence electrons. The molecule has 0 saturated heterocycles. The van der Waals surface area contributed by atoms with E-state index in [0.29, 0.717) is 17.0 Å². The first-order chi connectivity index (χ1) is 13.0. The highest BCUT2D eigenvalue weighted by Gasteiger charge is 2.15. The summed E-state index contributed by atoms with van der Waals surface area (Å²) in [6, 6.07) is 16.9. The molecule has 0 saturated carbocycles. The quantitative estimate of drug-likeness (QED) is 0.639. The Morgan fingerprint density at radius 1 is 1.04 bits per heavy atom. The van der Waals surface area contributed by atoms with Crippen molar-refractivity contribution in [2.75, 3.05) is 19.0 Å². The lowest BCUT2D eigenvalue weighted by molar-refractivity contribution is -0.115. The van der Waals surface area contributed by atoms with Gasteiger partial charge in [-0.15, -0.1) is 0 Å². The molecular weight excluding hydrogens is 408 g/mol. The summed E-state index contributed by atoms with van der Waals surface area (Å²) in [7, 11) is 1.52. The molecule has 0 fully saturated rings. The number of carbonyl (C=O) groups is 2. The largest absolute Gasteiger partial charge is 0.496 e. The number of ether oxygens (including phenoxy) is 1. The van der Waals surface area contributed by atoms with Crippen LogP contribution in [0.15, 0.2) is 59.1 Å². The second-order valence-electron chi connectivity index (χ2n) is 6.09. The first-order valence-corrected chi connectivity index (χ1v) is 9.18. The number of fused-ring (bicyclic) bond motifs is 1. The van der Waals surface area contributed by atoms with Crippen molar-refractivity contribution in [3.63, 3.8) is 0 Å². The molecule has 0 radical (unpaired) electrons. The van der Waals surface area contributed by atoms with E-state index in [0.717, 1.165) is 20.8 Å². The van der Waals surface area contributed by atoms with Crippen molar-refractivity contribution in [3.8, 4) is 5.75 Å². The van der Waals surface area contributed by atoms with E-state index in [1.54, 1.807) is 6.07 Å². The number of hydrogen-bond acceptors (Lipinski definition) is 3. The SMILES string of the molecule is COc1cc2ccccc2cc1C(=O)NCC(=O)Nc1ccc(Br)cc1C. The molecule has 3 rings (SSSR count). The minimum atomic E-state index is -0.361. The molecule has 0 unspecified atom stereocenters. The van der Waals surface area contributed by atoms with Crippen molar-refractivity contribution >= 4 is 44.2 Å². The van der Waals surface area contributed by atoms with Crippen LogP contribution in [0.3, 0.4) is 0 Å². The van der Waals surface area contributed by atoms with Gasteiger partial charge in [-0.1, -0.05) is 40.2 Å². The topological polar surface area (TPSA) is 67.4 Å². The van der Waals surface area contributed by atoms with Crippen LogP contribution in [0.2, 0.25) is 0 Å². The van der Waals surface area contributed by atoms with Crippen molar-refractivity contribution < 1.29 is 14.3 Å². The molecule has 0 spiro atoms. The van der Waals surface area contributed by atoms with Gasteiger partial charge >= 0.3 is 0 Å². The van der Waals surface area contributed by atoms with Gasteiger partial charge in [0.1, 0.15) is 5.75 Å². The second kappa shape index (κ2) is 8.22. The van der Waals surface area contributed by atoms with E-state index in [1.165, 1.54) is 7.11 Å². The number of hydrogen-bond donors (Lipinski definition) is 2. The Kier molecular flexibility index (Phi) is 5.76. The van der Waals surface area contributed by atoms with E-state index >= 15 is 0 Å². The molecule has 2 N–H and O–H groups in total. The molecule has 2 amide bonds. The van der Waals surface area contributed by atoms with Crippen LogP contribution < -0.4 is 15.4 Å². The Morgan fingerprint density at radius 2 is 1.74 bits per heavy atom. The number of methoxy groups -OCH3 is 1. The summed E-state index contributed by atoms with van der Waals surface area (Å²) in [4.78, 5) is 24.7. The summed E-state index contributed by atoms with van der Waals surface area (Å²) < 4.78 is 6.28. The Morgan fingerprint density at radius 3 is 2.41 bits per heavy atom. The molecule has 0 bridgehead atoms. The zero-order valence-electron chi connectivity index (χ0n) is 15.0. The lowest BCUT2D eigenvalue weighted by Gasteiger charge is -2.12. The molecule has 3 aromatic rings. The van der Waals surface area contributed by atoms with Gasteiger partial charge in [-0.05, 0) is 53.6 Å². The predicted octanol–water partition coefficient (Wildman–Crippen LogP) is 4.29. The summed E-state index contributed by atoms with van der Waals surface area (Å²) in [5.74, 6) is -0.191. The lowest BCUT2D eigenvalue weighted by atomic mass is 10.1. The van der Waals surface area contributed by atoms with E-state index < -0.39 is 0 Å². The van der Waals surface area contributed by atoms with Crippen molar-refractivity contribution in [2.24, 2.45) is 0 Å². The molecule has 0 atom stereocenters. The molecule has 0 aromatic heterocycles. The third kappa shape index (κ3) is 4.46. The lowest BCUT2D eigenvalue weighted by Crippen LogP contribution is -2.33. The third-order valence-corrected chi connectivity index (χ3v) is 4.68. The van der Waals surface area contributed by atoms with E-state index in [9.17, 15) is 9.59 Å². The summed E-state index contributed by atoms with van der Waals surface area (Å²) in [5, 5.41) is 7.36. The van der Waals surface area contributed by atoms with Gasteiger partial charge < -0.3 is 15.4 Å². The van der Waals surface area contributed by atoms with Crippen LogP contribution in [0.25, 0.3) is 10.8 Å². The highest BCUT2D eigenvalue weighted by atomic mass is 79.9. The van der Waals surface area contributed by atoms with Crippen molar-refractivity contribution in [3.05, 3.63) is 70.2 Å². The van der Waals surface area contributed by atoms with Crippen LogP contribution in [0.5, 0.6) is 5.75 Å². The number of amides is 2. The highest BCUT2D eigenvalue weighted by Crippen LogP contribution is 2.26. The van der Waals surface area contributed by atoms with Crippen molar-refractivity contribution in [1.29, 1.82) is 0 Å². The van der Waals surface area contributed by atoms with Gasteiger partial charge in [-0.2, -0.15) is 0 Å². The van der Waals surface area contributed by atoms with Crippen LogP contribution in [0, 0.1) is 6.92 Å². The van der Waals surface area contributed by atoms with Gasteiger partial charge in [-0.25, -0.2) is 0 Å². The Balaban J connectivity index is 1.70. The zero-order valence-corrected chi connectivity index (χ0v) is 16.6. The molecule has 27 heavy (non-hydrogen) atoms. The second-order valence-corrected chi connectivity index (χ2v) is 7.01. The first kappa shape index (κ1) is 18.9. The fourth-order valence-corrected chi connectivity index (χ4v) is 3.26. The molecular formula is C21H19BrN2O3. The summed E-state index contributed by atoms with van der Waals surface area (Å²) in [5.41, 5.74) is 2.03. The van der Waals surface area contributed by atoms with E-state index in [-0.39, 0.29) is 18.4 Å². The number of rotatable bonds is 5. The number of halogens is 1. The average molecular weight is 427 g/mol. The van der Waals surface area contributed by atoms with Gasteiger partial charge in [0.15, 0.2) is 0 Å².